The van der Waals surface area contributed by atoms with Gasteiger partial charge in [-0.05, 0) is 12.1 Å². The van der Waals surface area contributed by atoms with Crippen molar-refractivity contribution in [3.05, 3.63) is 42.2 Å². The first-order chi connectivity index (χ1) is 10.6. The molecule has 3 rings (SSSR count). The molecular weight excluding hydrogens is 280 g/mol. The Hall–Kier alpha value is -2.70. The van der Waals surface area contributed by atoms with Gasteiger partial charge in [-0.1, -0.05) is 12.1 Å². The van der Waals surface area contributed by atoms with Gasteiger partial charge in [-0.25, -0.2) is 4.98 Å². The number of hydrogen-bond donors (Lipinski definition) is 1. The fourth-order valence-corrected chi connectivity index (χ4v) is 2.34. The third-order valence-electron chi connectivity index (χ3n) is 3.62. The maximum Gasteiger partial charge on any atom is 0.223 e. The van der Waals surface area contributed by atoms with Crippen LogP contribution in [-0.2, 0) is 24.8 Å². The lowest BCUT2D eigenvalue weighted by molar-refractivity contribution is -0.130. The molecule has 3 aromatic rings. The summed E-state index contributed by atoms with van der Waals surface area (Å²) >= 11 is 0. The molecule has 1 N–H and O–H groups in total. The SMILES string of the molecule is CN(Cc1nc2ccccc2[nH]1)C(=O)CCc1nncn1C. The Bertz CT molecular complexity index is 757. The monoisotopic (exact) mass is 298 g/mol. The first-order valence-electron chi connectivity index (χ1n) is 7.14. The number of benzene rings is 1. The van der Waals surface area contributed by atoms with E-state index in [4.69, 9.17) is 0 Å². The van der Waals surface area contributed by atoms with Gasteiger partial charge in [0.05, 0.1) is 17.6 Å². The lowest BCUT2D eigenvalue weighted by atomic mass is 10.2. The van der Waals surface area contributed by atoms with Gasteiger partial charge in [0.1, 0.15) is 18.0 Å². The zero-order valence-corrected chi connectivity index (χ0v) is 12.7. The van der Waals surface area contributed by atoms with E-state index < -0.39 is 0 Å². The Labute approximate surface area is 128 Å². The van der Waals surface area contributed by atoms with Gasteiger partial charge >= 0.3 is 0 Å². The molecule has 2 heterocycles. The van der Waals surface area contributed by atoms with Gasteiger partial charge in [-0.2, -0.15) is 0 Å². The summed E-state index contributed by atoms with van der Waals surface area (Å²) in [7, 11) is 3.66. The molecule has 0 saturated carbocycles. The molecule has 0 spiro atoms. The molecule has 114 valence electrons. The number of aromatic nitrogens is 5. The van der Waals surface area contributed by atoms with Crippen LogP contribution < -0.4 is 0 Å². The van der Waals surface area contributed by atoms with Crippen molar-refractivity contribution in [1.29, 1.82) is 0 Å². The number of hydrogen-bond acceptors (Lipinski definition) is 4. The molecule has 0 fully saturated rings. The number of amides is 1. The highest BCUT2D eigenvalue weighted by molar-refractivity contribution is 5.77. The number of para-hydroxylation sites is 2. The number of carbonyl (C=O) groups is 1. The van der Waals surface area contributed by atoms with Crippen molar-refractivity contribution in [3.63, 3.8) is 0 Å². The van der Waals surface area contributed by atoms with E-state index in [1.807, 2.05) is 35.9 Å². The number of aryl methyl sites for hydroxylation is 2. The highest BCUT2D eigenvalue weighted by Gasteiger charge is 2.13. The standard InChI is InChI=1S/C15H18N6O/c1-20(15(22)8-7-14-19-16-10-21(14)2)9-13-17-11-5-3-4-6-12(11)18-13/h3-6,10H,7-9H2,1-2H3,(H,17,18). The number of imidazole rings is 1. The van der Waals surface area contributed by atoms with Gasteiger partial charge < -0.3 is 14.5 Å². The molecule has 2 aromatic heterocycles. The average molecular weight is 298 g/mol. The first kappa shape index (κ1) is 14.2. The minimum Gasteiger partial charge on any atom is -0.340 e. The van der Waals surface area contributed by atoms with E-state index in [-0.39, 0.29) is 5.91 Å². The van der Waals surface area contributed by atoms with E-state index in [0.29, 0.717) is 19.4 Å². The fourth-order valence-electron chi connectivity index (χ4n) is 2.34. The Morgan fingerprint density at radius 2 is 2.18 bits per heavy atom. The van der Waals surface area contributed by atoms with Gasteiger partial charge in [-0.3, -0.25) is 4.79 Å². The smallest absolute Gasteiger partial charge is 0.223 e. The molecule has 0 radical (unpaired) electrons. The Balaban J connectivity index is 1.59. The molecule has 0 unspecified atom stereocenters. The van der Waals surface area contributed by atoms with Gasteiger partial charge in [-0.15, -0.1) is 10.2 Å². The van der Waals surface area contributed by atoms with E-state index in [1.54, 1.807) is 18.3 Å². The zero-order chi connectivity index (χ0) is 15.5. The van der Waals surface area contributed by atoms with Crippen LogP contribution in [0.2, 0.25) is 0 Å². The molecular formula is C15H18N6O. The van der Waals surface area contributed by atoms with E-state index in [0.717, 1.165) is 22.7 Å². The number of rotatable bonds is 5. The second-order valence-corrected chi connectivity index (χ2v) is 5.31. The van der Waals surface area contributed by atoms with Crippen molar-refractivity contribution in [2.75, 3.05) is 7.05 Å². The summed E-state index contributed by atoms with van der Waals surface area (Å²) in [6, 6.07) is 7.83. The molecule has 0 aliphatic heterocycles. The van der Waals surface area contributed by atoms with Crippen molar-refractivity contribution in [3.8, 4) is 0 Å². The van der Waals surface area contributed by atoms with Gasteiger partial charge in [0.2, 0.25) is 5.91 Å². The summed E-state index contributed by atoms with van der Waals surface area (Å²) in [6.07, 6.45) is 2.63. The average Bonchev–Trinajstić information content (AvgIpc) is 3.10. The maximum atomic E-state index is 12.2. The summed E-state index contributed by atoms with van der Waals surface area (Å²) in [5.74, 6) is 1.66. The third-order valence-corrected chi connectivity index (χ3v) is 3.62. The van der Waals surface area contributed by atoms with E-state index >= 15 is 0 Å². The molecule has 0 aliphatic rings. The minimum absolute atomic E-state index is 0.0588. The van der Waals surface area contributed by atoms with Crippen LogP contribution in [0.5, 0.6) is 0 Å². The maximum absolute atomic E-state index is 12.2. The summed E-state index contributed by atoms with van der Waals surface area (Å²) in [5.41, 5.74) is 1.90. The van der Waals surface area contributed by atoms with Crippen LogP contribution in [0.1, 0.15) is 18.1 Å². The first-order valence-corrected chi connectivity index (χ1v) is 7.14. The van der Waals surface area contributed by atoms with E-state index in [9.17, 15) is 4.79 Å². The Morgan fingerprint density at radius 1 is 1.36 bits per heavy atom. The lowest BCUT2D eigenvalue weighted by Gasteiger charge is -2.15. The van der Waals surface area contributed by atoms with E-state index in [1.165, 1.54) is 0 Å². The number of fused-ring (bicyclic) bond motifs is 1. The summed E-state index contributed by atoms with van der Waals surface area (Å²) in [5, 5.41) is 7.79. The molecule has 7 nitrogen and oxygen atoms in total. The van der Waals surface area contributed by atoms with Crippen molar-refractivity contribution >= 4 is 16.9 Å². The quantitative estimate of drug-likeness (QED) is 0.769. The fraction of sp³-hybridized carbons (Fsp3) is 0.333. The number of nitrogens with one attached hydrogen (secondary N) is 1. The summed E-state index contributed by atoms with van der Waals surface area (Å²) in [4.78, 5) is 21.6. The van der Waals surface area contributed by atoms with Crippen LogP contribution in [0.4, 0.5) is 0 Å². The van der Waals surface area contributed by atoms with Crippen LogP contribution in [0, 0.1) is 0 Å². The summed E-state index contributed by atoms with van der Waals surface area (Å²) in [6.45, 7) is 0.465. The Morgan fingerprint density at radius 3 is 2.91 bits per heavy atom. The molecule has 1 amide bonds. The molecule has 22 heavy (non-hydrogen) atoms. The second-order valence-electron chi connectivity index (χ2n) is 5.31. The van der Waals surface area contributed by atoms with Gasteiger partial charge in [0, 0.05) is 26.9 Å². The van der Waals surface area contributed by atoms with Crippen LogP contribution in [0.25, 0.3) is 11.0 Å². The van der Waals surface area contributed by atoms with Crippen LogP contribution in [0.15, 0.2) is 30.6 Å². The van der Waals surface area contributed by atoms with Crippen molar-refractivity contribution < 1.29 is 4.79 Å². The zero-order valence-electron chi connectivity index (χ0n) is 12.7. The van der Waals surface area contributed by atoms with Crippen LogP contribution >= 0.6 is 0 Å². The topological polar surface area (TPSA) is 79.7 Å². The highest BCUT2D eigenvalue weighted by Crippen LogP contribution is 2.12. The lowest BCUT2D eigenvalue weighted by Crippen LogP contribution is -2.27. The number of aromatic amines is 1. The third kappa shape index (κ3) is 2.98. The van der Waals surface area contributed by atoms with Crippen molar-refractivity contribution in [1.82, 2.24) is 29.6 Å². The van der Waals surface area contributed by atoms with Gasteiger partial charge in [0.25, 0.3) is 0 Å². The normalized spacial score (nSPS) is 11.0. The number of nitrogens with zero attached hydrogens (tertiary/aromatic N) is 5. The molecule has 0 bridgehead atoms. The predicted octanol–water partition coefficient (Wildman–Crippen LogP) is 1.28. The molecule has 1 aromatic carbocycles. The van der Waals surface area contributed by atoms with Crippen LogP contribution in [0.3, 0.4) is 0 Å². The minimum atomic E-state index is 0.0588. The number of carbonyl (C=O) groups excluding carboxylic acids is 1. The molecule has 0 saturated heterocycles. The van der Waals surface area contributed by atoms with Crippen LogP contribution in [-0.4, -0.2) is 42.6 Å². The summed E-state index contributed by atoms with van der Waals surface area (Å²) < 4.78 is 1.83. The van der Waals surface area contributed by atoms with E-state index in [2.05, 4.69) is 20.2 Å². The van der Waals surface area contributed by atoms with Crippen molar-refractivity contribution in [2.45, 2.75) is 19.4 Å². The molecule has 7 heteroatoms. The predicted molar refractivity (Wildman–Crippen MR) is 81.9 cm³/mol. The van der Waals surface area contributed by atoms with Crippen molar-refractivity contribution in [2.24, 2.45) is 7.05 Å². The highest BCUT2D eigenvalue weighted by atomic mass is 16.2. The molecule has 0 aliphatic carbocycles. The largest absolute Gasteiger partial charge is 0.340 e. The van der Waals surface area contributed by atoms with Gasteiger partial charge in [0.15, 0.2) is 0 Å². The number of H-pyrrole nitrogens is 1. The second kappa shape index (κ2) is 5.97. The Kier molecular flexibility index (Phi) is 3.86. The molecule has 0 atom stereocenters.